The number of carbonyl (C=O) groups is 3. The Balaban J connectivity index is 2.64. The van der Waals surface area contributed by atoms with Gasteiger partial charge in [0.25, 0.3) is 0 Å². The van der Waals surface area contributed by atoms with Crippen molar-refractivity contribution in [2.45, 2.75) is 45.0 Å². The van der Waals surface area contributed by atoms with Gasteiger partial charge in [0.2, 0.25) is 0 Å². The number of benzene rings is 1. The Kier molecular flexibility index (Phi) is 8.21. The van der Waals surface area contributed by atoms with Crippen molar-refractivity contribution in [2.24, 2.45) is 0 Å². The summed E-state index contributed by atoms with van der Waals surface area (Å²) in [6, 6.07) is 6.68. The molecule has 9 heteroatoms. The van der Waals surface area contributed by atoms with E-state index in [1.165, 1.54) is 12.2 Å². The standard InChI is InChI=1S/C19H22F3NO5/c1-18(2,3)28-16(25)14(23-17(26)19(20,21)22)11-7-8-12-27-15(24)13-9-5-4-6-10-13/h4-10,14H,11-12H2,1-3H3,(H,23,26)/b8-7-. The molecule has 1 aromatic carbocycles. The van der Waals surface area contributed by atoms with Crippen LogP contribution in [0.1, 0.15) is 37.6 Å². The molecule has 0 bridgehead atoms. The highest BCUT2D eigenvalue weighted by Crippen LogP contribution is 2.16. The van der Waals surface area contributed by atoms with Crippen molar-refractivity contribution >= 4 is 17.8 Å². The molecule has 1 rings (SSSR count). The molecule has 0 saturated heterocycles. The molecule has 1 N–H and O–H groups in total. The summed E-state index contributed by atoms with van der Waals surface area (Å²) in [5.41, 5.74) is -0.590. The molecule has 0 fully saturated rings. The van der Waals surface area contributed by atoms with Crippen molar-refractivity contribution in [1.29, 1.82) is 0 Å². The average molecular weight is 401 g/mol. The summed E-state index contributed by atoms with van der Waals surface area (Å²) in [7, 11) is 0. The van der Waals surface area contributed by atoms with Crippen LogP contribution < -0.4 is 5.32 Å². The van der Waals surface area contributed by atoms with Gasteiger partial charge in [0, 0.05) is 0 Å². The molecular weight excluding hydrogens is 379 g/mol. The molecule has 0 spiro atoms. The highest BCUT2D eigenvalue weighted by molar-refractivity contribution is 5.89. The van der Waals surface area contributed by atoms with Crippen LogP contribution in [0.2, 0.25) is 0 Å². The van der Waals surface area contributed by atoms with E-state index in [0.29, 0.717) is 5.56 Å². The summed E-state index contributed by atoms with van der Waals surface area (Å²) in [5.74, 6) is -3.82. The highest BCUT2D eigenvalue weighted by atomic mass is 19.4. The minimum absolute atomic E-state index is 0.151. The maximum absolute atomic E-state index is 12.5. The largest absolute Gasteiger partial charge is 0.471 e. The molecule has 0 aromatic heterocycles. The van der Waals surface area contributed by atoms with Crippen LogP contribution in [0.25, 0.3) is 0 Å². The van der Waals surface area contributed by atoms with E-state index in [1.807, 2.05) is 0 Å². The fourth-order valence-corrected chi connectivity index (χ4v) is 1.91. The van der Waals surface area contributed by atoms with E-state index in [4.69, 9.17) is 9.47 Å². The van der Waals surface area contributed by atoms with Gasteiger partial charge in [-0.3, -0.25) is 4.79 Å². The average Bonchev–Trinajstić information content (AvgIpc) is 2.58. The van der Waals surface area contributed by atoms with Gasteiger partial charge < -0.3 is 14.8 Å². The lowest BCUT2D eigenvalue weighted by atomic mass is 10.1. The zero-order chi connectivity index (χ0) is 21.4. The second-order valence-corrected chi connectivity index (χ2v) is 6.73. The highest BCUT2D eigenvalue weighted by Gasteiger charge is 2.41. The number of alkyl halides is 3. The fourth-order valence-electron chi connectivity index (χ4n) is 1.91. The molecule has 0 saturated carbocycles. The fraction of sp³-hybridized carbons (Fsp3) is 0.421. The van der Waals surface area contributed by atoms with Crippen molar-refractivity contribution in [3.63, 3.8) is 0 Å². The van der Waals surface area contributed by atoms with Crippen molar-refractivity contribution in [3.05, 3.63) is 48.0 Å². The second kappa shape index (κ2) is 9.91. The SMILES string of the molecule is CC(C)(C)OC(=O)C(C/C=C\COC(=O)c1ccccc1)NC(=O)C(F)(F)F. The zero-order valence-corrected chi connectivity index (χ0v) is 15.7. The van der Waals surface area contributed by atoms with Gasteiger partial charge in [0.1, 0.15) is 18.2 Å². The number of amides is 1. The molecule has 6 nitrogen and oxygen atoms in total. The minimum atomic E-state index is -5.13. The molecule has 1 aromatic rings. The van der Waals surface area contributed by atoms with Crippen LogP contribution in [0, 0.1) is 0 Å². The third kappa shape index (κ3) is 8.70. The van der Waals surface area contributed by atoms with Crippen molar-refractivity contribution < 1.29 is 37.0 Å². The van der Waals surface area contributed by atoms with Crippen LogP contribution >= 0.6 is 0 Å². The quantitative estimate of drug-likeness (QED) is 0.561. The first-order valence-electron chi connectivity index (χ1n) is 8.38. The van der Waals surface area contributed by atoms with Gasteiger partial charge in [-0.05, 0) is 39.3 Å². The van der Waals surface area contributed by atoms with Gasteiger partial charge >= 0.3 is 24.0 Å². The van der Waals surface area contributed by atoms with E-state index in [0.717, 1.165) is 0 Å². The predicted molar refractivity (Wildman–Crippen MR) is 94.3 cm³/mol. The van der Waals surface area contributed by atoms with E-state index in [2.05, 4.69) is 0 Å². The molecular formula is C19H22F3NO5. The Labute approximate surface area is 160 Å². The van der Waals surface area contributed by atoms with Gasteiger partial charge in [-0.1, -0.05) is 30.4 Å². The number of esters is 2. The Bertz CT molecular complexity index is 709. The van der Waals surface area contributed by atoms with Gasteiger partial charge in [0.05, 0.1) is 5.56 Å². The Morgan fingerprint density at radius 3 is 2.21 bits per heavy atom. The summed E-state index contributed by atoms with van der Waals surface area (Å²) < 4.78 is 47.4. The van der Waals surface area contributed by atoms with Gasteiger partial charge in [-0.25, -0.2) is 9.59 Å². The molecule has 0 heterocycles. The van der Waals surface area contributed by atoms with E-state index in [9.17, 15) is 27.6 Å². The van der Waals surface area contributed by atoms with Crippen LogP contribution in [-0.2, 0) is 19.1 Å². The van der Waals surface area contributed by atoms with E-state index in [1.54, 1.807) is 56.4 Å². The lowest BCUT2D eigenvalue weighted by molar-refractivity contribution is -0.177. The van der Waals surface area contributed by atoms with Gasteiger partial charge in [0.15, 0.2) is 0 Å². The molecule has 1 unspecified atom stereocenters. The number of hydrogen-bond donors (Lipinski definition) is 1. The lowest BCUT2D eigenvalue weighted by Crippen LogP contribution is -2.48. The summed E-state index contributed by atoms with van der Waals surface area (Å²) in [5, 5.41) is 1.61. The molecule has 1 amide bonds. The lowest BCUT2D eigenvalue weighted by Gasteiger charge is -2.24. The van der Waals surface area contributed by atoms with Crippen LogP contribution in [0.3, 0.4) is 0 Å². The monoisotopic (exact) mass is 401 g/mol. The van der Waals surface area contributed by atoms with Gasteiger partial charge in [-0.2, -0.15) is 13.2 Å². The summed E-state index contributed by atoms with van der Waals surface area (Å²) in [4.78, 5) is 34.9. The number of hydrogen-bond acceptors (Lipinski definition) is 5. The normalized spacial score (nSPS) is 13.1. The molecule has 0 radical (unpaired) electrons. The molecule has 28 heavy (non-hydrogen) atoms. The van der Waals surface area contributed by atoms with Crippen molar-refractivity contribution in [2.75, 3.05) is 6.61 Å². The van der Waals surface area contributed by atoms with E-state index < -0.39 is 35.7 Å². The van der Waals surface area contributed by atoms with Crippen molar-refractivity contribution in [1.82, 2.24) is 5.32 Å². The maximum atomic E-state index is 12.5. The third-order valence-corrected chi connectivity index (χ3v) is 3.11. The number of halogens is 3. The maximum Gasteiger partial charge on any atom is 0.471 e. The third-order valence-electron chi connectivity index (χ3n) is 3.11. The molecule has 1 atom stereocenters. The Hall–Kier alpha value is -2.84. The number of rotatable bonds is 7. The topological polar surface area (TPSA) is 81.7 Å². The first-order chi connectivity index (χ1) is 12.9. The van der Waals surface area contributed by atoms with Crippen LogP contribution in [-0.4, -0.2) is 42.3 Å². The smallest absolute Gasteiger partial charge is 0.458 e. The minimum Gasteiger partial charge on any atom is -0.458 e. The number of ether oxygens (including phenoxy) is 2. The Morgan fingerprint density at radius 2 is 1.68 bits per heavy atom. The first-order valence-corrected chi connectivity index (χ1v) is 8.38. The first kappa shape index (κ1) is 23.2. The second-order valence-electron chi connectivity index (χ2n) is 6.73. The number of nitrogens with one attached hydrogen (secondary N) is 1. The Morgan fingerprint density at radius 1 is 1.07 bits per heavy atom. The van der Waals surface area contributed by atoms with Crippen LogP contribution in [0.5, 0.6) is 0 Å². The summed E-state index contributed by atoms with van der Waals surface area (Å²) in [6.07, 6.45) is -2.71. The molecule has 0 aliphatic rings. The van der Waals surface area contributed by atoms with E-state index >= 15 is 0 Å². The number of carbonyl (C=O) groups excluding carboxylic acids is 3. The van der Waals surface area contributed by atoms with E-state index in [-0.39, 0.29) is 13.0 Å². The summed E-state index contributed by atoms with van der Waals surface area (Å²) in [6.45, 7) is 4.49. The van der Waals surface area contributed by atoms with Crippen molar-refractivity contribution in [3.8, 4) is 0 Å². The molecule has 0 aliphatic heterocycles. The molecule has 154 valence electrons. The zero-order valence-electron chi connectivity index (χ0n) is 15.7. The van der Waals surface area contributed by atoms with Gasteiger partial charge in [-0.15, -0.1) is 0 Å². The van der Waals surface area contributed by atoms with Crippen LogP contribution in [0.4, 0.5) is 13.2 Å². The summed E-state index contributed by atoms with van der Waals surface area (Å²) >= 11 is 0. The van der Waals surface area contributed by atoms with Crippen LogP contribution in [0.15, 0.2) is 42.5 Å². The predicted octanol–water partition coefficient (Wildman–Crippen LogP) is 3.18. The molecule has 0 aliphatic carbocycles.